The fraction of sp³-hybridized carbons (Fsp3) is 0.422. The summed E-state index contributed by atoms with van der Waals surface area (Å²) in [5.41, 5.74) is 6.86. The molecule has 1 amide bonds. The van der Waals surface area contributed by atoms with Crippen LogP contribution in [0.15, 0.2) is 60.8 Å². The number of nitrogens with zero attached hydrogens (tertiary/aromatic N) is 4. The van der Waals surface area contributed by atoms with Gasteiger partial charge in [0.1, 0.15) is 11.6 Å². The van der Waals surface area contributed by atoms with E-state index in [-0.39, 0.29) is 29.8 Å². The van der Waals surface area contributed by atoms with Gasteiger partial charge in [-0.25, -0.2) is 9.37 Å². The molecule has 4 aliphatic rings. The average molecular weight is 809 g/mol. The van der Waals surface area contributed by atoms with Gasteiger partial charge in [-0.15, -0.1) is 0 Å². The lowest BCUT2D eigenvalue weighted by Gasteiger charge is -2.55. The summed E-state index contributed by atoms with van der Waals surface area (Å²) in [5.74, 6) is 0.00384. The molecule has 0 radical (unpaired) electrons. The molecule has 1 aliphatic heterocycles. The molecule has 4 fully saturated rings. The van der Waals surface area contributed by atoms with E-state index in [4.69, 9.17) is 31.2 Å². The maximum Gasteiger partial charge on any atom is 0.309 e. The van der Waals surface area contributed by atoms with Crippen LogP contribution in [0.2, 0.25) is 5.02 Å². The number of rotatable bonds is 14. The van der Waals surface area contributed by atoms with Crippen LogP contribution in [0.5, 0.6) is 11.6 Å². The Kier molecular flexibility index (Phi) is 10.9. The highest BCUT2D eigenvalue weighted by molar-refractivity contribution is 6.31. The van der Waals surface area contributed by atoms with Crippen molar-refractivity contribution in [3.05, 3.63) is 94.0 Å². The van der Waals surface area contributed by atoms with Crippen molar-refractivity contribution in [2.24, 2.45) is 5.41 Å². The number of hydrogen-bond donors (Lipinski definition) is 3. The summed E-state index contributed by atoms with van der Waals surface area (Å²) in [6, 6.07) is 17.6. The molecule has 5 aromatic rings. The van der Waals surface area contributed by atoms with Crippen molar-refractivity contribution in [3.8, 4) is 33.9 Å². The van der Waals surface area contributed by atoms with Gasteiger partial charge in [-0.1, -0.05) is 41.9 Å². The molecule has 58 heavy (non-hydrogen) atoms. The van der Waals surface area contributed by atoms with Gasteiger partial charge >= 0.3 is 5.97 Å². The SMILES string of the molecule is COc1cc(-c2cccc(-c3cccc4c3cnn4Cc3nc(OC)c(CN(C)C45CCC(C(=O)O)(CC4)CC5)cc3Cl)c2C)cc(F)c1CNCC1CCC(=O)N1. The predicted molar refractivity (Wildman–Crippen MR) is 222 cm³/mol. The Hall–Kier alpha value is -5.04. The Balaban J connectivity index is 1.02. The number of carbonyl (C=O) groups is 2. The molecule has 9 rings (SSSR count). The minimum Gasteiger partial charge on any atom is -0.496 e. The fourth-order valence-electron chi connectivity index (χ4n) is 9.60. The van der Waals surface area contributed by atoms with E-state index in [1.807, 2.05) is 54.2 Å². The van der Waals surface area contributed by atoms with E-state index < -0.39 is 11.4 Å². The third-order valence-electron chi connectivity index (χ3n) is 13.2. The number of benzene rings is 3. The number of aliphatic carboxylic acids is 1. The number of hydrogen-bond acceptors (Lipinski definition) is 8. The molecule has 0 spiro atoms. The first-order chi connectivity index (χ1) is 27.9. The highest BCUT2D eigenvalue weighted by Crippen LogP contribution is 2.55. The molecule has 3 heterocycles. The summed E-state index contributed by atoms with van der Waals surface area (Å²) < 4.78 is 29.1. The smallest absolute Gasteiger partial charge is 0.309 e. The van der Waals surface area contributed by atoms with Crippen LogP contribution in [0.25, 0.3) is 33.2 Å². The lowest BCUT2D eigenvalue weighted by molar-refractivity contribution is -0.160. The number of carbonyl (C=O) groups excluding carboxylic acids is 1. The van der Waals surface area contributed by atoms with Gasteiger partial charge in [0.15, 0.2) is 0 Å². The molecule has 2 aromatic heterocycles. The third-order valence-corrected chi connectivity index (χ3v) is 13.6. The molecule has 13 heteroatoms. The van der Waals surface area contributed by atoms with Crippen LogP contribution in [0.1, 0.15) is 73.8 Å². The van der Waals surface area contributed by atoms with Gasteiger partial charge in [-0.05, 0) is 111 Å². The number of fused-ring (bicyclic) bond motifs is 4. The van der Waals surface area contributed by atoms with Crippen molar-refractivity contribution < 1.29 is 28.6 Å². The summed E-state index contributed by atoms with van der Waals surface area (Å²) in [7, 11) is 5.28. The number of pyridine rings is 1. The van der Waals surface area contributed by atoms with Crippen LogP contribution in [0.4, 0.5) is 4.39 Å². The lowest BCUT2D eigenvalue weighted by Crippen LogP contribution is -2.56. The van der Waals surface area contributed by atoms with Gasteiger partial charge in [-0.3, -0.25) is 19.2 Å². The van der Waals surface area contributed by atoms with Crippen LogP contribution < -0.4 is 20.1 Å². The molecule has 1 atom stereocenters. The molecule has 2 bridgehead atoms. The molecular formula is C45H50ClFN6O5. The molecule has 1 saturated heterocycles. The quantitative estimate of drug-likeness (QED) is 0.103. The van der Waals surface area contributed by atoms with Crippen LogP contribution in [-0.4, -0.2) is 76.0 Å². The second-order valence-electron chi connectivity index (χ2n) is 16.3. The monoisotopic (exact) mass is 808 g/mol. The summed E-state index contributed by atoms with van der Waals surface area (Å²) in [6.45, 7) is 3.80. The largest absolute Gasteiger partial charge is 0.496 e. The zero-order valence-corrected chi connectivity index (χ0v) is 34.2. The number of halogens is 2. The summed E-state index contributed by atoms with van der Waals surface area (Å²) in [4.78, 5) is 30.8. The molecule has 3 N–H and O–H groups in total. The van der Waals surface area contributed by atoms with Gasteiger partial charge in [0, 0.05) is 54.1 Å². The molecule has 11 nitrogen and oxygen atoms in total. The molecule has 304 valence electrons. The standard InChI is InChI=1S/C45H50ClFN6O5/c1-27-31(28-20-37(47)35(40(21-28)57-3)23-48-22-30-11-12-41(54)50-30)7-5-8-32(27)33-9-6-10-39-34(33)24-49-53(39)26-38-36(46)19-29(42(51-38)58-4)25-52(2)45-16-13-44(14-17-45,15-18-45)43(55)56/h5-10,19-21,24,30,48H,11-18,22-23,25-26H2,1-4H3,(H,50,54)(H,55,56). The third kappa shape index (κ3) is 7.30. The van der Waals surface area contributed by atoms with Crippen molar-refractivity contribution >= 4 is 34.4 Å². The number of nitrogens with one attached hydrogen (secondary N) is 2. The fourth-order valence-corrected chi connectivity index (χ4v) is 9.83. The number of aromatic nitrogens is 3. The maximum atomic E-state index is 15.7. The number of methoxy groups -OCH3 is 2. The lowest BCUT2D eigenvalue weighted by atomic mass is 9.57. The van der Waals surface area contributed by atoms with Crippen molar-refractivity contribution in [3.63, 3.8) is 0 Å². The van der Waals surface area contributed by atoms with Gasteiger partial charge in [-0.2, -0.15) is 5.10 Å². The Bertz CT molecular complexity index is 2370. The summed E-state index contributed by atoms with van der Waals surface area (Å²) in [6.07, 6.45) is 7.85. The molecule has 3 aromatic carbocycles. The topological polar surface area (TPSA) is 131 Å². The Morgan fingerprint density at radius 2 is 1.78 bits per heavy atom. The van der Waals surface area contributed by atoms with Crippen LogP contribution in [-0.2, 0) is 29.2 Å². The van der Waals surface area contributed by atoms with Crippen molar-refractivity contribution in [2.45, 2.75) is 89.5 Å². The van der Waals surface area contributed by atoms with Crippen LogP contribution in [0, 0.1) is 18.2 Å². The Morgan fingerprint density at radius 3 is 2.47 bits per heavy atom. The van der Waals surface area contributed by atoms with Crippen molar-refractivity contribution in [2.75, 3.05) is 27.8 Å². The normalized spacial score (nSPS) is 21.5. The van der Waals surface area contributed by atoms with Crippen LogP contribution in [0.3, 0.4) is 0 Å². The van der Waals surface area contributed by atoms with E-state index in [0.717, 1.165) is 64.4 Å². The minimum atomic E-state index is -0.655. The highest BCUT2D eigenvalue weighted by Gasteiger charge is 2.54. The van der Waals surface area contributed by atoms with E-state index in [9.17, 15) is 14.7 Å². The molecule has 1 unspecified atom stereocenters. The summed E-state index contributed by atoms with van der Waals surface area (Å²) in [5, 5.41) is 22.3. The Labute approximate surface area is 342 Å². The molecule has 3 saturated carbocycles. The van der Waals surface area contributed by atoms with Gasteiger partial charge < -0.3 is 25.2 Å². The number of ether oxygens (including phenoxy) is 2. The second kappa shape index (κ2) is 16.0. The minimum absolute atomic E-state index is 0.0421. The first kappa shape index (κ1) is 39.8. The maximum absolute atomic E-state index is 15.7. The molecular weight excluding hydrogens is 759 g/mol. The highest BCUT2D eigenvalue weighted by atomic mass is 35.5. The van der Waals surface area contributed by atoms with Crippen molar-refractivity contribution in [1.29, 1.82) is 0 Å². The van der Waals surface area contributed by atoms with E-state index in [1.165, 1.54) is 0 Å². The van der Waals surface area contributed by atoms with Gasteiger partial charge in [0.2, 0.25) is 11.8 Å². The second-order valence-corrected chi connectivity index (χ2v) is 16.7. The molecule has 3 aliphatic carbocycles. The first-order valence-corrected chi connectivity index (χ1v) is 20.4. The van der Waals surface area contributed by atoms with E-state index in [0.29, 0.717) is 78.8 Å². The van der Waals surface area contributed by atoms with Crippen molar-refractivity contribution in [1.82, 2.24) is 30.3 Å². The number of carboxylic acids is 1. The predicted octanol–water partition coefficient (Wildman–Crippen LogP) is 7.91. The zero-order chi connectivity index (χ0) is 40.8. The van der Waals surface area contributed by atoms with Gasteiger partial charge in [0.25, 0.3) is 0 Å². The zero-order valence-electron chi connectivity index (χ0n) is 33.5. The number of carboxylic acid groups (broad SMARTS) is 1. The Morgan fingerprint density at radius 1 is 1.05 bits per heavy atom. The van der Waals surface area contributed by atoms with Gasteiger partial charge in [0.05, 0.1) is 48.6 Å². The average Bonchev–Trinajstić information content (AvgIpc) is 3.85. The van der Waals surface area contributed by atoms with Crippen LogP contribution >= 0.6 is 11.6 Å². The number of amides is 1. The van der Waals surface area contributed by atoms with E-state index in [2.05, 4.69) is 34.7 Å². The summed E-state index contributed by atoms with van der Waals surface area (Å²) >= 11 is 6.95. The van der Waals surface area contributed by atoms with E-state index in [1.54, 1.807) is 20.3 Å². The van der Waals surface area contributed by atoms with E-state index >= 15 is 4.39 Å². The first-order valence-electron chi connectivity index (χ1n) is 20.0.